The predicted octanol–water partition coefficient (Wildman–Crippen LogP) is 9.43. The van der Waals surface area contributed by atoms with Gasteiger partial charge in [-0.1, -0.05) is 24.3 Å². The van der Waals surface area contributed by atoms with Crippen LogP contribution in [0.2, 0.25) is 0 Å². The molecule has 8 nitrogen and oxygen atoms in total. The summed E-state index contributed by atoms with van der Waals surface area (Å²) in [7, 11) is 0. The van der Waals surface area contributed by atoms with Crippen molar-refractivity contribution in [3.63, 3.8) is 0 Å². The third kappa shape index (κ3) is 11.3. The number of ether oxygens (including phenoxy) is 2. The molecular weight excluding hydrogens is 894 g/mol. The lowest BCUT2D eigenvalue weighted by molar-refractivity contribution is -0.145. The van der Waals surface area contributed by atoms with Crippen molar-refractivity contribution < 1.29 is 90.7 Å². The second-order valence-electron chi connectivity index (χ2n) is 15.1. The Hall–Kier alpha value is -5.32. The van der Waals surface area contributed by atoms with Gasteiger partial charge in [-0.15, -0.1) is 0 Å². The first kappa shape index (κ1) is 49.7. The number of carbonyl (C=O) groups is 2. The second-order valence-corrected chi connectivity index (χ2v) is 15.1. The zero-order valence-electron chi connectivity index (χ0n) is 33.0. The number of carbonyl (C=O) groups excluding carboxylic acids is 2. The molecule has 0 aliphatic carbocycles. The number of nitrogens with one attached hydrogen (secondary N) is 2. The van der Waals surface area contributed by atoms with Gasteiger partial charge in [-0.3, -0.25) is 9.59 Å². The van der Waals surface area contributed by atoms with Crippen molar-refractivity contribution in [2.45, 2.75) is 86.9 Å². The van der Waals surface area contributed by atoms with Crippen molar-refractivity contribution in [2.24, 2.45) is 0 Å². The van der Waals surface area contributed by atoms with Crippen LogP contribution in [0.4, 0.5) is 61.5 Å². The Balaban J connectivity index is 0.000000241. The normalized spacial score (nSPS) is 22.7. The van der Waals surface area contributed by atoms with E-state index in [9.17, 15) is 81.3 Å². The van der Waals surface area contributed by atoms with Crippen molar-refractivity contribution in [2.75, 3.05) is 13.2 Å². The highest BCUT2D eigenvalue weighted by atomic mass is 19.4. The zero-order chi connectivity index (χ0) is 47.8. The molecule has 0 spiro atoms. The number of amides is 2. The summed E-state index contributed by atoms with van der Waals surface area (Å²) < 4.78 is 195. The summed E-state index contributed by atoms with van der Waals surface area (Å²) >= 11 is 0. The van der Waals surface area contributed by atoms with Crippen LogP contribution in [0.5, 0.6) is 0 Å². The fourth-order valence-corrected chi connectivity index (χ4v) is 7.05. The molecule has 0 bridgehead atoms. The quantitative estimate of drug-likeness (QED) is 0.118. The maximum atomic E-state index is 13.3. The smallest absolute Gasteiger partial charge is 0.390 e. The van der Waals surface area contributed by atoms with E-state index >= 15 is 0 Å². The van der Waals surface area contributed by atoms with E-state index in [1.165, 1.54) is 38.1 Å². The highest BCUT2D eigenvalue weighted by molar-refractivity contribution is 5.81. The Morgan fingerprint density at radius 3 is 1.02 bits per heavy atom. The molecule has 64 heavy (non-hydrogen) atoms. The lowest BCUT2D eigenvalue weighted by Crippen LogP contribution is -2.49. The summed E-state index contributed by atoms with van der Waals surface area (Å²) in [4.78, 5) is 23.8. The van der Waals surface area contributed by atoms with Crippen LogP contribution in [0.1, 0.15) is 83.4 Å². The average Bonchev–Trinajstić information content (AvgIpc) is 3.67. The molecule has 2 amide bonds. The average molecular weight is 931 g/mol. The van der Waals surface area contributed by atoms with Crippen molar-refractivity contribution in [1.82, 2.24) is 10.6 Å². The molecule has 6 atom stereocenters. The van der Waals surface area contributed by atoms with E-state index < -0.39 is 119 Å². The van der Waals surface area contributed by atoms with E-state index in [2.05, 4.69) is 10.6 Å². The summed E-state index contributed by atoms with van der Waals surface area (Å²) in [6.45, 7) is 1.53. The van der Waals surface area contributed by atoms with Crippen LogP contribution in [0.15, 0.2) is 84.9 Å². The number of alkyl halides is 12. The molecule has 2 saturated heterocycles. The predicted molar refractivity (Wildman–Crippen MR) is 195 cm³/mol. The molecule has 0 saturated carbocycles. The molecule has 4 aromatic rings. The summed E-state index contributed by atoms with van der Waals surface area (Å²) in [6.07, 6.45) is -25.8. The van der Waals surface area contributed by atoms with Crippen molar-refractivity contribution in [3.8, 4) is 0 Å². The number of hydrogen-bond acceptors (Lipinski definition) is 6. The van der Waals surface area contributed by atoms with E-state index in [-0.39, 0.29) is 47.2 Å². The Morgan fingerprint density at radius 2 is 0.797 bits per heavy atom. The topological polar surface area (TPSA) is 117 Å². The lowest BCUT2D eigenvalue weighted by atomic mass is 9.86. The molecule has 22 heteroatoms. The van der Waals surface area contributed by atoms with Crippen LogP contribution in [-0.4, -0.2) is 47.4 Å². The molecule has 6 rings (SSSR count). The highest BCUT2D eigenvalue weighted by Crippen LogP contribution is 2.41. The SMILES string of the molecule is C[C@@H](OC[C@]1(c2ccc(F)cc2)NC(=O)C[C@@H]1O)c1cc(C(F)(F)F)cc(C(F)(F)F)c1.C[C@@H](OC[C@]1(c2ccc(F)cc2)NC(=O)C[C@H]1O)c1cc(C(F)(F)F)cc(C(F)(F)F)c1. The summed E-state index contributed by atoms with van der Waals surface area (Å²) in [6, 6.07) is 11.7. The van der Waals surface area contributed by atoms with Gasteiger partial charge in [0.15, 0.2) is 0 Å². The van der Waals surface area contributed by atoms with E-state index in [4.69, 9.17) is 9.47 Å². The Labute approximate surface area is 354 Å². The van der Waals surface area contributed by atoms with Crippen LogP contribution < -0.4 is 10.6 Å². The van der Waals surface area contributed by atoms with Gasteiger partial charge < -0.3 is 30.3 Å². The van der Waals surface area contributed by atoms with Crippen LogP contribution in [0, 0.1) is 11.6 Å². The monoisotopic (exact) mass is 930 g/mol. The van der Waals surface area contributed by atoms with E-state index in [0.717, 1.165) is 24.3 Å². The van der Waals surface area contributed by atoms with Gasteiger partial charge in [-0.25, -0.2) is 8.78 Å². The number of aliphatic hydroxyl groups is 2. The first-order valence-electron chi connectivity index (χ1n) is 18.8. The van der Waals surface area contributed by atoms with E-state index in [1.807, 2.05) is 0 Å². The molecule has 348 valence electrons. The molecule has 4 aromatic carbocycles. The third-order valence-electron chi connectivity index (χ3n) is 10.6. The fourth-order valence-electron chi connectivity index (χ4n) is 7.05. The minimum Gasteiger partial charge on any atom is -0.390 e. The maximum absolute atomic E-state index is 13.3. The molecule has 2 aliphatic rings. The van der Waals surface area contributed by atoms with Crippen molar-refractivity contribution >= 4 is 11.8 Å². The van der Waals surface area contributed by atoms with Gasteiger partial charge in [0.05, 0.1) is 72.7 Å². The van der Waals surface area contributed by atoms with Crippen LogP contribution in [0.25, 0.3) is 0 Å². The molecular formula is C42H36F14N2O6. The van der Waals surface area contributed by atoms with E-state index in [1.54, 1.807) is 0 Å². The summed E-state index contributed by atoms with van der Waals surface area (Å²) in [5.74, 6) is -2.26. The Kier molecular flexibility index (Phi) is 14.2. The summed E-state index contributed by atoms with van der Waals surface area (Å²) in [5, 5.41) is 26.0. The number of hydrogen-bond donors (Lipinski definition) is 4. The van der Waals surface area contributed by atoms with E-state index in [0.29, 0.717) is 24.3 Å². The number of aliphatic hydroxyl groups excluding tert-OH is 2. The second kappa shape index (κ2) is 18.3. The molecule has 0 unspecified atom stereocenters. The number of rotatable bonds is 10. The van der Waals surface area contributed by atoms with Gasteiger partial charge >= 0.3 is 24.7 Å². The summed E-state index contributed by atoms with van der Waals surface area (Å²) in [5.41, 5.74) is -9.28. The van der Waals surface area contributed by atoms with Crippen molar-refractivity contribution in [1.29, 1.82) is 0 Å². The van der Waals surface area contributed by atoms with Gasteiger partial charge in [-0.2, -0.15) is 52.7 Å². The van der Waals surface area contributed by atoms with Crippen molar-refractivity contribution in [3.05, 3.63) is 141 Å². The molecule has 2 fully saturated rings. The van der Waals surface area contributed by atoms with Crippen LogP contribution in [0.3, 0.4) is 0 Å². The largest absolute Gasteiger partial charge is 0.416 e. The van der Waals surface area contributed by atoms with Gasteiger partial charge in [-0.05, 0) is 96.8 Å². The highest BCUT2D eigenvalue weighted by Gasteiger charge is 2.50. The van der Waals surface area contributed by atoms with Crippen LogP contribution in [-0.2, 0) is 54.8 Å². The Morgan fingerprint density at radius 1 is 0.531 bits per heavy atom. The first-order valence-corrected chi connectivity index (χ1v) is 18.8. The van der Waals surface area contributed by atoms with Gasteiger partial charge in [0.2, 0.25) is 11.8 Å². The number of halogens is 14. The van der Waals surface area contributed by atoms with Gasteiger partial charge in [0.1, 0.15) is 22.7 Å². The standard InChI is InChI=1S/2C21H18F7NO3/c2*1-11(12-6-14(20(23,24)25)8-15(7-12)21(26,27)28)32-10-19(17(30)9-18(31)29-19)13-2-4-16(22)5-3-13/h2*2-8,11,17,30H,9-10H2,1H3,(H,29,31)/t11-,17+,19-;11-,17-,19-/m11/s1. The number of benzene rings is 4. The van der Waals surface area contributed by atoms with Gasteiger partial charge in [0, 0.05) is 0 Å². The van der Waals surface area contributed by atoms with Gasteiger partial charge in [0.25, 0.3) is 0 Å². The molecule has 0 aromatic heterocycles. The third-order valence-corrected chi connectivity index (χ3v) is 10.6. The maximum Gasteiger partial charge on any atom is 0.416 e. The Bertz CT molecular complexity index is 2070. The molecule has 2 heterocycles. The first-order chi connectivity index (χ1) is 29.4. The van der Waals surface area contributed by atoms with Crippen LogP contribution >= 0.6 is 0 Å². The molecule has 2 aliphatic heterocycles. The molecule has 4 N–H and O–H groups in total. The lowest BCUT2D eigenvalue weighted by Gasteiger charge is -2.34. The minimum absolute atomic E-state index is 0.0111. The molecule has 0 radical (unpaired) electrons. The zero-order valence-corrected chi connectivity index (χ0v) is 33.0. The minimum atomic E-state index is -5.01. The fraction of sp³-hybridized carbons (Fsp3) is 0.381.